The quantitative estimate of drug-likeness (QED) is 0.650. The average Bonchev–Trinajstić information content (AvgIpc) is 2.64. The summed E-state index contributed by atoms with van der Waals surface area (Å²) in [6.45, 7) is 5.64. The lowest BCUT2D eigenvalue weighted by molar-refractivity contribution is -0.139. The van der Waals surface area contributed by atoms with Gasteiger partial charge in [0.2, 0.25) is 0 Å². The molecule has 0 aliphatic carbocycles. The highest BCUT2D eigenvalue weighted by atomic mass is 19.4. The van der Waals surface area contributed by atoms with Gasteiger partial charge in [0.25, 0.3) is 0 Å². The Kier molecular flexibility index (Phi) is 6.97. The van der Waals surface area contributed by atoms with Crippen LogP contribution in [0.5, 0.6) is 5.75 Å². The highest BCUT2D eigenvalue weighted by molar-refractivity contribution is 5.85. The third kappa shape index (κ3) is 6.09. The fraction of sp³-hybridized carbons (Fsp3) is 0.429. The molecular weight excluding hydrogens is 399 g/mol. The van der Waals surface area contributed by atoms with E-state index in [1.54, 1.807) is 6.92 Å². The van der Waals surface area contributed by atoms with Crippen LogP contribution in [0.4, 0.5) is 23.8 Å². The molecule has 0 bridgehead atoms. The number of rotatable bonds is 7. The number of ether oxygens (including phenoxy) is 1. The van der Waals surface area contributed by atoms with Crippen molar-refractivity contribution in [2.75, 3.05) is 18.6 Å². The third-order valence-electron chi connectivity index (χ3n) is 4.43. The van der Waals surface area contributed by atoms with Crippen molar-refractivity contribution in [3.8, 4) is 16.9 Å². The van der Waals surface area contributed by atoms with Gasteiger partial charge in [-0.2, -0.15) is 13.2 Å². The minimum absolute atomic E-state index is 0.0591. The molecule has 30 heavy (non-hydrogen) atoms. The molecule has 1 amide bonds. The average molecular weight is 425 g/mol. The molecule has 2 rings (SSSR count). The minimum atomic E-state index is -4.64. The maximum atomic E-state index is 13.7. The van der Waals surface area contributed by atoms with Gasteiger partial charge in [0.05, 0.1) is 5.56 Å². The van der Waals surface area contributed by atoms with Gasteiger partial charge < -0.3 is 15.6 Å². The van der Waals surface area contributed by atoms with Gasteiger partial charge in [-0.3, -0.25) is 4.90 Å². The van der Waals surface area contributed by atoms with Crippen molar-refractivity contribution in [1.29, 1.82) is 0 Å². The van der Waals surface area contributed by atoms with Gasteiger partial charge in [0.1, 0.15) is 18.2 Å². The van der Waals surface area contributed by atoms with E-state index >= 15 is 0 Å². The molecule has 0 saturated carbocycles. The fourth-order valence-electron chi connectivity index (χ4n) is 3.17. The van der Waals surface area contributed by atoms with Gasteiger partial charge in [0, 0.05) is 18.8 Å². The summed E-state index contributed by atoms with van der Waals surface area (Å²) in [5.41, 5.74) is 5.11. The Hall–Kier alpha value is -2.81. The molecule has 0 fully saturated rings. The van der Waals surface area contributed by atoms with E-state index < -0.39 is 23.4 Å². The Morgan fingerprint density at radius 3 is 2.43 bits per heavy atom. The van der Waals surface area contributed by atoms with Crippen molar-refractivity contribution in [2.45, 2.75) is 38.9 Å². The summed E-state index contributed by atoms with van der Waals surface area (Å²) in [7, 11) is 1.30. The van der Waals surface area contributed by atoms with E-state index in [9.17, 15) is 18.0 Å². The van der Waals surface area contributed by atoms with Crippen LogP contribution >= 0.6 is 0 Å². The zero-order valence-corrected chi connectivity index (χ0v) is 17.3. The topological polar surface area (TPSA) is 88.7 Å². The SMILES string of the molecule is CC(C)C[C@](C)(N)COc1ccc(-c2ccnc(N(C)C(=O)O)c2)cc1C(F)(F)F. The number of nitrogens with two attached hydrogens (primary N) is 1. The molecule has 1 atom stereocenters. The van der Waals surface area contributed by atoms with Crippen LogP contribution in [0.1, 0.15) is 32.8 Å². The molecule has 3 N–H and O–H groups in total. The minimum Gasteiger partial charge on any atom is -0.491 e. The molecule has 0 saturated heterocycles. The number of nitrogens with zero attached hydrogens (tertiary/aromatic N) is 2. The monoisotopic (exact) mass is 425 g/mol. The second-order valence-electron chi connectivity index (χ2n) is 7.99. The molecular formula is C21H26F3N3O3. The van der Waals surface area contributed by atoms with E-state index in [0.717, 1.165) is 11.0 Å². The summed E-state index contributed by atoms with van der Waals surface area (Å²) in [5.74, 6) is 0.0722. The Balaban J connectivity index is 2.38. The lowest BCUT2D eigenvalue weighted by Crippen LogP contribution is -2.43. The third-order valence-corrected chi connectivity index (χ3v) is 4.43. The predicted molar refractivity (Wildman–Crippen MR) is 109 cm³/mol. The van der Waals surface area contributed by atoms with E-state index in [1.165, 1.54) is 37.5 Å². The van der Waals surface area contributed by atoms with E-state index in [1.807, 2.05) is 13.8 Å². The number of pyridine rings is 1. The number of anilines is 1. The van der Waals surface area contributed by atoms with Crippen LogP contribution < -0.4 is 15.4 Å². The van der Waals surface area contributed by atoms with Crippen LogP contribution in [-0.2, 0) is 6.18 Å². The Labute approximate surface area is 173 Å². The summed E-state index contributed by atoms with van der Waals surface area (Å²) in [4.78, 5) is 15.9. The van der Waals surface area contributed by atoms with Gasteiger partial charge in [-0.05, 0) is 54.7 Å². The summed E-state index contributed by atoms with van der Waals surface area (Å²) >= 11 is 0. The molecule has 0 unspecified atom stereocenters. The van der Waals surface area contributed by atoms with Crippen molar-refractivity contribution in [3.05, 3.63) is 42.1 Å². The van der Waals surface area contributed by atoms with Gasteiger partial charge in [-0.1, -0.05) is 19.9 Å². The Morgan fingerprint density at radius 1 is 1.23 bits per heavy atom. The number of carboxylic acid groups (broad SMARTS) is 1. The molecule has 9 heteroatoms. The number of benzene rings is 1. The van der Waals surface area contributed by atoms with Crippen LogP contribution in [-0.4, -0.2) is 35.4 Å². The largest absolute Gasteiger partial charge is 0.491 e. The van der Waals surface area contributed by atoms with Gasteiger partial charge >= 0.3 is 12.3 Å². The maximum absolute atomic E-state index is 13.7. The zero-order chi connectivity index (χ0) is 22.7. The van der Waals surface area contributed by atoms with Gasteiger partial charge in [-0.25, -0.2) is 9.78 Å². The van der Waals surface area contributed by atoms with Crippen molar-refractivity contribution in [2.24, 2.45) is 11.7 Å². The second kappa shape index (κ2) is 8.91. The van der Waals surface area contributed by atoms with Crippen molar-refractivity contribution in [1.82, 2.24) is 4.98 Å². The Morgan fingerprint density at radius 2 is 1.87 bits per heavy atom. The van der Waals surface area contributed by atoms with Crippen molar-refractivity contribution in [3.63, 3.8) is 0 Å². The maximum Gasteiger partial charge on any atom is 0.419 e. The first kappa shape index (κ1) is 23.5. The summed E-state index contributed by atoms with van der Waals surface area (Å²) in [6.07, 6.45) is -3.93. The lowest BCUT2D eigenvalue weighted by Gasteiger charge is -2.27. The molecule has 1 aromatic heterocycles. The van der Waals surface area contributed by atoms with E-state index in [2.05, 4.69) is 4.98 Å². The number of halogens is 3. The summed E-state index contributed by atoms with van der Waals surface area (Å²) in [5, 5.41) is 9.07. The van der Waals surface area contributed by atoms with Crippen LogP contribution in [0.25, 0.3) is 11.1 Å². The standard InChI is InChI=1S/C21H26F3N3O3/c1-13(2)11-20(3,25)12-30-17-6-5-14(9-16(17)21(22,23)24)15-7-8-26-18(10-15)27(4)19(28)29/h5-10,13H,11-12,25H2,1-4H3,(H,28,29)/t20-/m0/s1. The zero-order valence-electron chi connectivity index (χ0n) is 17.3. The predicted octanol–water partition coefficient (Wildman–Crippen LogP) is 5.02. The molecule has 1 heterocycles. The lowest BCUT2D eigenvalue weighted by atomic mass is 9.93. The highest BCUT2D eigenvalue weighted by Gasteiger charge is 2.35. The number of carbonyl (C=O) groups is 1. The number of amides is 1. The first-order valence-corrected chi connectivity index (χ1v) is 9.36. The number of hydrogen-bond donors (Lipinski definition) is 2. The van der Waals surface area contributed by atoms with Gasteiger partial charge in [-0.15, -0.1) is 0 Å². The molecule has 0 spiro atoms. The molecule has 0 radical (unpaired) electrons. The Bertz CT molecular complexity index is 899. The molecule has 6 nitrogen and oxygen atoms in total. The normalized spacial score (nSPS) is 13.8. The summed E-state index contributed by atoms with van der Waals surface area (Å²) < 4.78 is 46.5. The number of alkyl halides is 3. The smallest absolute Gasteiger partial charge is 0.419 e. The van der Waals surface area contributed by atoms with Gasteiger partial charge in [0.15, 0.2) is 0 Å². The van der Waals surface area contributed by atoms with E-state index in [4.69, 9.17) is 15.6 Å². The van der Waals surface area contributed by atoms with Crippen LogP contribution in [0.15, 0.2) is 36.5 Å². The van der Waals surface area contributed by atoms with E-state index in [0.29, 0.717) is 12.0 Å². The number of aromatic nitrogens is 1. The van der Waals surface area contributed by atoms with Crippen LogP contribution in [0.3, 0.4) is 0 Å². The van der Waals surface area contributed by atoms with E-state index in [-0.39, 0.29) is 29.7 Å². The van der Waals surface area contributed by atoms with Crippen molar-refractivity contribution >= 4 is 11.9 Å². The van der Waals surface area contributed by atoms with Crippen LogP contribution in [0, 0.1) is 5.92 Å². The highest BCUT2D eigenvalue weighted by Crippen LogP contribution is 2.39. The summed E-state index contributed by atoms with van der Waals surface area (Å²) in [6, 6.07) is 6.63. The molecule has 1 aromatic carbocycles. The van der Waals surface area contributed by atoms with Crippen molar-refractivity contribution < 1.29 is 27.8 Å². The fourth-order valence-corrected chi connectivity index (χ4v) is 3.17. The molecule has 164 valence electrons. The first-order chi connectivity index (χ1) is 13.8. The molecule has 2 aromatic rings. The molecule has 0 aliphatic rings. The van der Waals surface area contributed by atoms with Crippen LogP contribution in [0.2, 0.25) is 0 Å². The first-order valence-electron chi connectivity index (χ1n) is 9.36. The second-order valence-corrected chi connectivity index (χ2v) is 7.99. The molecule has 0 aliphatic heterocycles. The number of hydrogen-bond acceptors (Lipinski definition) is 4.